The maximum Gasteiger partial charge on any atom is 0.360 e. The monoisotopic (exact) mass is 185 g/mol. The number of methoxy groups -OCH3 is 2. The minimum Gasteiger partial charge on any atom is -0.464 e. The average molecular weight is 185 g/mol. The Balaban J connectivity index is 2.89. The summed E-state index contributed by atoms with van der Waals surface area (Å²) in [6.07, 6.45) is 1.51. The van der Waals surface area contributed by atoms with Crippen LogP contribution in [0, 0.1) is 0 Å². The van der Waals surface area contributed by atoms with Crippen molar-refractivity contribution in [3.63, 3.8) is 0 Å². The quantitative estimate of drug-likeness (QED) is 0.663. The standard InChI is InChI=1S/C7H11N3O3/c1-12-4-10-3-5(8)6(9-10)7(11)13-2/h3H,4,8H2,1-2H3. The van der Waals surface area contributed by atoms with Crippen LogP contribution in [0.25, 0.3) is 0 Å². The van der Waals surface area contributed by atoms with E-state index in [0.717, 1.165) is 0 Å². The molecule has 0 radical (unpaired) electrons. The molecule has 2 N–H and O–H groups in total. The first kappa shape index (κ1) is 9.53. The molecule has 6 heteroatoms. The Hall–Kier alpha value is -1.56. The lowest BCUT2D eigenvalue weighted by Gasteiger charge is -1.96. The predicted octanol–water partition coefficient (Wildman–Crippen LogP) is -0.144. The first-order valence-corrected chi connectivity index (χ1v) is 3.59. The van der Waals surface area contributed by atoms with Gasteiger partial charge in [0.05, 0.1) is 19.0 Å². The second-order valence-corrected chi connectivity index (χ2v) is 2.38. The summed E-state index contributed by atoms with van der Waals surface area (Å²) in [4.78, 5) is 11.0. The van der Waals surface area contributed by atoms with Crippen molar-refractivity contribution in [3.8, 4) is 0 Å². The van der Waals surface area contributed by atoms with Gasteiger partial charge in [-0.3, -0.25) is 0 Å². The molecule has 6 nitrogen and oxygen atoms in total. The van der Waals surface area contributed by atoms with Crippen LogP contribution in [-0.2, 0) is 16.2 Å². The summed E-state index contributed by atoms with van der Waals surface area (Å²) < 4.78 is 10.7. The van der Waals surface area contributed by atoms with E-state index in [0.29, 0.717) is 0 Å². The summed E-state index contributed by atoms with van der Waals surface area (Å²) in [6.45, 7) is 0.251. The summed E-state index contributed by atoms with van der Waals surface area (Å²) >= 11 is 0. The number of carbonyl (C=O) groups is 1. The van der Waals surface area contributed by atoms with Crippen molar-refractivity contribution in [2.75, 3.05) is 20.0 Å². The molecule has 72 valence electrons. The normalized spacial score (nSPS) is 10.0. The van der Waals surface area contributed by atoms with Gasteiger partial charge in [0, 0.05) is 7.11 Å². The number of aromatic nitrogens is 2. The highest BCUT2D eigenvalue weighted by Gasteiger charge is 2.14. The summed E-state index contributed by atoms with van der Waals surface area (Å²) in [5, 5.41) is 3.86. The molecule has 0 spiro atoms. The Morgan fingerprint density at radius 1 is 1.69 bits per heavy atom. The summed E-state index contributed by atoms with van der Waals surface area (Å²) in [5.74, 6) is -0.549. The topological polar surface area (TPSA) is 79.4 Å². The SMILES string of the molecule is COCn1cc(N)c(C(=O)OC)n1. The molecule has 0 aliphatic heterocycles. The third-order valence-electron chi connectivity index (χ3n) is 1.43. The van der Waals surface area contributed by atoms with Crippen molar-refractivity contribution in [1.82, 2.24) is 9.78 Å². The predicted molar refractivity (Wildman–Crippen MR) is 45.0 cm³/mol. The van der Waals surface area contributed by atoms with Gasteiger partial charge in [0.25, 0.3) is 0 Å². The van der Waals surface area contributed by atoms with Gasteiger partial charge in [0.1, 0.15) is 6.73 Å². The third kappa shape index (κ3) is 1.97. The van der Waals surface area contributed by atoms with Crippen LogP contribution in [0.5, 0.6) is 0 Å². The van der Waals surface area contributed by atoms with E-state index < -0.39 is 5.97 Å². The first-order chi connectivity index (χ1) is 6.19. The minimum absolute atomic E-state index is 0.111. The second-order valence-electron chi connectivity index (χ2n) is 2.38. The summed E-state index contributed by atoms with van der Waals surface area (Å²) in [7, 11) is 2.80. The van der Waals surface area contributed by atoms with E-state index >= 15 is 0 Å². The molecule has 0 aliphatic carbocycles. The summed E-state index contributed by atoms with van der Waals surface area (Å²) in [5.41, 5.74) is 5.90. The van der Waals surface area contributed by atoms with Crippen LogP contribution >= 0.6 is 0 Å². The fourth-order valence-corrected chi connectivity index (χ4v) is 0.890. The molecule has 1 rings (SSSR count). The van der Waals surface area contributed by atoms with E-state index in [1.807, 2.05) is 0 Å². The number of rotatable bonds is 3. The Kier molecular flexibility index (Phi) is 2.86. The van der Waals surface area contributed by atoms with Crippen LogP contribution in [0.15, 0.2) is 6.20 Å². The molecule has 0 aliphatic rings. The first-order valence-electron chi connectivity index (χ1n) is 3.59. The highest BCUT2D eigenvalue weighted by molar-refractivity contribution is 5.92. The van der Waals surface area contributed by atoms with E-state index in [1.54, 1.807) is 0 Å². The lowest BCUT2D eigenvalue weighted by Crippen LogP contribution is -2.07. The molecule has 0 aromatic carbocycles. The minimum atomic E-state index is -0.549. The zero-order chi connectivity index (χ0) is 9.84. The number of nitrogens with zero attached hydrogens (tertiary/aromatic N) is 2. The van der Waals surface area contributed by atoms with Gasteiger partial charge in [0.15, 0.2) is 5.69 Å². The van der Waals surface area contributed by atoms with Gasteiger partial charge < -0.3 is 15.2 Å². The molecule has 13 heavy (non-hydrogen) atoms. The van der Waals surface area contributed by atoms with Crippen molar-refractivity contribution >= 4 is 11.7 Å². The molecule has 0 unspecified atom stereocenters. The maximum atomic E-state index is 11.0. The zero-order valence-electron chi connectivity index (χ0n) is 7.48. The fourth-order valence-electron chi connectivity index (χ4n) is 0.890. The number of nitrogens with two attached hydrogens (primary N) is 1. The summed E-state index contributed by atoms with van der Waals surface area (Å²) in [6, 6.07) is 0. The van der Waals surface area contributed by atoms with Crippen LogP contribution in [0.3, 0.4) is 0 Å². The average Bonchev–Trinajstić information content (AvgIpc) is 2.46. The van der Waals surface area contributed by atoms with Gasteiger partial charge in [-0.15, -0.1) is 0 Å². The molecule has 0 amide bonds. The molecule has 1 aromatic rings. The number of hydrogen-bond acceptors (Lipinski definition) is 5. The molecule has 0 bridgehead atoms. The number of ether oxygens (including phenoxy) is 2. The highest BCUT2D eigenvalue weighted by atomic mass is 16.5. The molecular weight excluding hydrogens is 174 g/mol. The zero-order valence-corrected chi connectivity index (χ0v) is 7.48. The van der Waals surface area contributed by atoms with Gasteiger partial charge >= 0.3 is 5.97 Å². The van der Waals surface area contributed by atoms with E-state index in [4.69, 9.17) is 10.5 Å². The Bertz CT molecular complexity index is 308. The van der Waals surface area contributed by atoms with E-state index in [-0.39, 0.29) is 18.1 Å². The Labute approximate surface area is 75.2 Å². The number of hydrogen-bond donors (Lipinski definition) is 1. The van der Waals surface area contributed by atoms with Gasteiger partial charge in [-0.05, 0) is 0 Å². The van der Waals surface area contributed by atoms with Crippen LogP contribution < -0.4 is 5.73 Å². The molecule has 1 heterocycles. The number of nitrogen functional groups attached to an aromatic ring is 1. The van der Waals surface area contributed by atoms with Crippen LogP contribution in [0.2, 0.25) is 0 Å². The number of esters is 1. The fraction of sp³-hybridized carbons (Fsp3) is 0.429. The van der Waals surface area contributed by atoms with Gasteiger partial charge in [0.2, 0.25) is 0 Å². The molecular formula is C7H11N3O3. The van der Waals surface area contributed by atoms with Crippen molar-refractivity contribution in [2.45, 2.75) is 6.73 Å². The smallest absolute Gasteiger partial charge is 0.360 e. The van der Waals surface area contributed by atoms with Gasteiger partial charge in [-0.1, -0.05) is 0 Å². The largest absolute Gasteiger partial charge is 0.464 e. The second kappa shape index (κ2) is 3.90. The van der Waals surface area contributed by atoms with Crippen molar-refractivity contribution in [1.29, 1.82) is 0 Å². The highest BCUT2D eigenvalue weighted by Crippen LogP contribution is 2.09. The van der Waals surface area contributed by atoms with Crippen LogP contribution in [-0.4, -0.2) is 30.0 Å². The molecule has 1 aromatic heterocycles. The molecule has 0 fully saturated rings. The molecule has 0 saturated carbocycles. The van der Waals surface area contributed by atoms with Crippen molar-refractivity contribution in [2.24, 2.45) is 0 Å². The maximum absolute atomic E-state index is 11.0. The van der Waals surface area contributed by atoms with Crippen molar-refractivity contribution < 1.29 is 14.3 Å². The van der Waals surface area contributed by atoms with Crippen molar-refractivity contribution in [3.05, 3.63) is 11.9 Å². The van der Waals surface area contributed by atoms with E-state index in [9.17, 15) is 4.79 Å². The number of anilines is 1. The lowest BCUT2D eigenvalue weighted by atomic mass is 10.4. The lowest BCUT2D eigenvalue weighted by molar-refractivity contribution is 0.0590. The molecule has 0 saturated heterocycles. The van der Waals surface area contributed by atoms with Crippen LogP contribution in [0.4, 0.5) is 5.69 Å². The molecule has 0 atom stereocenters. The van der Waals surface area contributed by atoms with Gasteiger partial charge in [-0.2, -0.15) is 5.10 Å². The number of carbonyl (C=O) groups excluding carboxylic acids is 1. The third-order valence-corrected chi connectivity index (χ3v) is 1.43. The van der Waals surface area contributed by atoms with E-state index in [2.05, 4.69) is 9.84 Å². The van der Waals surface area contributed by atoms with E-state index in [1.165, 1.54) is 25.1 Å². The van der Waals surface area contributed by atoms with Gasteiger partial charge in [-0.25, -0.2) is 9.48 Å². The Morgan fingerprint density at radius 2 is 2.38 bits per heavy atom. The van der Waals surface area contributed by atoms with Crippen LogP contribution in [0.1, 0.15) is 10.5 Å². The Morgan fingerprint density at radius 3 is 2.92 bits per heavy atom.